The molecular formula is C26H17ClN2O5. The maximum Gasteiger partial charge on any atom is 0.277 e. The summed E-state index contributed by atoms with van der Waals surface area (Å²) in [7, 11) is 1.49. The fourth-order valence-corrected chi connectivity index (χ4v) is 3.82. The Balaban J connectivity index is 1.50. The molecule has 0 fully saturated rings. The third kappa shape index (κ3) is 3.93. The Bertz CT molecular complexity index is 1520. The molecule has 1 N–H and O–H groups in total. The SMILES string of the molecule is COc1ccc(C(=O)c2oc3ccccc3c2NC(=O)c2cc(-c3ccccc3)on2)cc1Cl. The van der Waals surface area contributed by atoms with E-state index in [1.54, 1.807) is 36.4 Å². The van der Waals surface area contributed by atoms with Crippen molar-refractivity contribution in [2.45, 2.75) is 0 Å². The second kappa shape index (κ2) is 8.88. The van der Waals surface area contributed by atoms with Gasteiger partial charge in [0.25, 0.3) is 5.91 Å². The number of anilines is 1. The number of halogens is 1. The summed E-state index contributed by atoms with van der Waals surface area (Å²) in [6.45, 7) is 0. The molecule has 0 aliphatic rings. The van der Waals surface area contributed by atoms with Crippen molar-refractivity contribution in [2.75, 3.05) is 12.4 Å². The Morgan fingerprint density at radius 1 is 0.971 bits per heavy atom. The monoisotopic (exact) mass is 472 g/mol. The van der Waals surface area contributed by atoms with Crippen LogP contribution in [0.4, 0.5) is 5.69 Å². The lowest BCUT2D eigenvalue weighted by Crippen LogP contribution is -2.14. The third-order valence-corrected chi connectivity index (χ3v) is 5.55. The van der Waals surface area contributed by atoms with Crippen molar-refractivity contribution < 1.29 is 23.3 Å². The smallest absolute Gasteiger partial charge is 0.277 e. The van der Waals surface area contributed by atoms with Crippen LogP contribution in [0.3, 0.4) is 0 Å². The van der Waals surface area contributed by atoms with E-state index in [9.17, 15) is 9.59 Å². The molecule has 0 saturated heterocycles. The number of aromatic nitrogens is 1. The molecule has 2 heterocycles. The summed E-state index contributed by atoms with van der Waals surface area (Å²) in [5.74, 6) is -0.119. The van der Waals surface area contributed by atoms with Crippen molar-refractivity contribution in [2.24, 2.45) is 0 Å². The molecule has 34 heavy (non-hydrogen) atoms. The van der Waals surface area contributed by atoms with Crippen LogP contribution in [0.25, 0.3) is 22.3 Å². The van der Waals surface area contributed by atoms with Gasteiger partial charge in [-0.3, -0.25) is 9.59 Å². The number of rotatable bonds is 6. The number of carbonyl (C=O) groups is 2. The number of methoxy groups -OCH3 is 1. The number of furan rings is 1. The second-order valence-corrected chi connectivity index (χ2v) is 7.78. The summed E-state index contributed by atoms with van der Waals surface area (Å²) in [6.07, 6.45) is 0. The maximum atomic E-state index is 13.3. The minimum Gasteiger partial charge on any atom is -0.495 e. The zero-order valence-electron chi connectivity index (χ0n) is 17.9. The molecule has 3 aromatic carbocycles. The summed E-state index contributed by atoms with van der Waals surface area (Å²) in [4.78, 5) is 26.3. The van der Waals surface area contributed by atoms with Gasteiger partial charge in [0, 0.05) is 22.6 Å². The van der Waals surface area contributed by atoms with Gasteiger partial charge in [0.2, 0.25) is 5.78 Å². The molecule has 0 unspecified atom stereocenters. The highest BCUT2D eigenvalue weighted by Gasteiger charge is 2.25. The number of carbonyl (C=O) groups excluding carboxylic acids is 2. The fraction of sp³-hybridized carbons (Fsp3) is 0.0385. The number of benzene rings is 3. The molecule has 0 aliphatic carbocycles. The standard InChI is InChI=1S/C26H17ClN2O5/c1-32-21-12-11-16(13-18(21)27)24(30)25-23(17-9-5-6-10-20(17)33-25)28-26(31)19-14-22(34-29-19)15-7-3-2-4-8-15/h2-14H,1H3,(H,28,31). The predicted molar refractivity (Wildman–Crippen MR) is 128 cm³/mol. The van der Waals surface area contributed by atoms with Gasteiger partial charge in [0.15, 0.2) is 17.2 Å². The van der Waals surface area contributed by atoms with Gasteiger partial charge in [-0.05, 0) is 30.3 Å². The molecule has 1 amide bonds. The van der Waals surface area contributed by atoms with E-state index in [4.69, 9.17) is 25.3 Å². The summed E-state index contributed by atoms with van der Waals surface area (Å²) in [5.41, 5.74) is 1.82. The molecular weight excluding hydrogens is 456 g/mol. The molecule has 0 atom stereocenters. The highest BCUT2D eigenvalue weighted by Crippen LogP contribution is 2.34. The molecule has 7 nitrogen and oxygen atoms in total. The molecule has 0 aliphatic heterocycles. The Labute approximate surface area is 198 Å². The minimum atomic E-state index is -0.542. The third-order valence-electron chi connectivity index (χ3n) is 5.26. The van der Waals surface area contributed by atoms with Gasteiger partial charge in [0.05, 0.1) is 17.8 Å². The number of hydrogen-bond donors (Lipinski definition) is 1. The summed E-state index contributed by atoms with van der Waals surface area (Å²) < 4.78 is 16.3. The number of para-hydroxylation sites is 1. The summed E-state index contributed by atoms with van der Waals surface area (Å²) in [6, 6.07) is 22.5. The van der Waals surface area contributed by atoms with Crippen LogP contribution in [0.1, 0.15) is 26.6 Å². The summed E-state index contributed by atoms with van der Waals surface area (Å²) in [5, 5.41) is 7.51. The van der Waals surface area contributed by atoms with Crippen molar-refractivity contribution in [3.8, 4) is 17.1 Å². The molecule has 5 rings (SSSR count). The topological polar surface area (TPSA) is 94.6 Å². The van der Waals surface area contributed by atoms with Gasteiger partial charge < -0.3 is 19.0 Å². The van der Waals surface area contributed by atoms with E-state index >= 15 is 0 Å². The zero-order valence-corrected chi connectivity index (χ0v) is 18.6. The number of amides is 1. The van der Waals surface area contributed by atoms with Crippen molar-refractivity contribution >= 4 is 39.9 Å². The molecule has 2 aromatic heterocycles. The van der Waals surface area contributed by atoms with Gasteiger partial charge in [-0.25, -0.2) is 0 Å². The van der Waals surface area contributed by atoms with Crippen LogP contribution in [0.5, 0.6) is 5.75 Å². The number of hydrogen-bond acceptors (Lipinski definition) is 6. The van der Waals surface area contributed by atoms with Gasteiger partial charge in [-0.1, -0.05) is 59.2 Å². The van der Waals surface area contributed by atoms with E-state index in [0.29, 0.717) is 22.5 Å². The molecule has 0 radical (unpaired) electrons. The van der Waals surface area contributed by atoms with Gasteiger partial charge >= 0.3 is 0 Å². The Morgan fingerprint density at radius 3 is 2.50 bits per heavy atom. The number of ketones is 1. The number of nitrogens with zero attached hydrogens (tertiary/aromatic N) is 1. The second-order valence-electron chi connectivity index (χ2n) is 7.38. The molecule has 0 bridgehead atoms. The average molecular weight is 473 g/mol. The van der Waals surface area contributed by atoms with E-state index in [1.165, 1.54) is 19.2 Å². The fourth-order valence-electron chi connectivity index (χ4n) is 3.57. The maximum absolute atomic E-state index is 13.3. The van der Waals surface area contributed by atoms with Crippen LogP contribution in [-0.2, 0) is 0 Å². The Hall–Kier alpha value is -4.36. The Morgan fingerprint density at radius 2 is 1.74 bits per heavy atom. The molecule has 168 valence electrons. The highest BCUT2D eigenvalue weighted by molar-refractivity contribution is 6.32. The summed E-state index contributed by atoms with van der Waals surface area (Å²) >= 11 is 6.20. The van der Waals surface area contributed by atoms with Crippen LogP contribution >= 0.6 is 11.6 Å². The largest absolute Gasteiger partial charge is 0.495 e. The van der Waals surface area contributed by atoms with Crippen molar-refractivity contribution in [3.63, 3.8) is 0 Å². The minimum absolute atomic E-state index is 0.0254. The van der Waals surface area contributed by atoms with Crippen molar-refractivity contribution in [3.05, 3.63) is 101 Å². The van der Waals surface area contributed by atoms with E-state index in [1.807, 2.05) is 30.3 Å². The van der Waals surface area contributed by atoms with Gasteiger partial charge in [-0.15, -0.1) is 0 Å². The first-order valence-electron chi connectivity index (χ1n) is 10.3. The van der Waals surface area contributed by atoms with Crippen LogP contribution in [0.15, 0.2) is 87.8 Å². The number of nitrogens with one attached hydrogen (secondary N) is 1. The van der Waals surface area contributed by atoms with E-state index in [0.717, 1.165) is 5.56 Å². The molecule has 0 spiro atoms. The molecule has 8 heteroatoms. The van der Waals surface area contributed by atoms with Crippen molar-refractivity contribution in [1.82, 2.24) is 5.16 Å². The lowest BCUT2D eigenvalue weighted by molar-refractivity contribution is 0.101. The predicted octanol–water partition coefficient (Wildman–Crippen LogP) is 6.23. The van der Waals surface area contributed by atoms with Crippen LogP contribution in [0, 0.1) is 0 Å². The van der Waals surface area contributed by atoms with Crippen LogP contribution < -0.4 is 10.1 Å². The van der Waals surface area contributed by atoms with Crippen molar-refractivity contribution in [1.29, 1.82) is 0 Å². The quantitative estimate of drug-likeness (QED) is 0.294. The first-order chi connectivity index (χ1) is 16.5. The molecule has 0 saturated carbocycles. The first kappa shape index (κ1) is 21.5. The van der Waals surface area contributed by atoms with E-state index < -0.39 is 11.7 Å². The normalized spacial score (nSPS) is 10.9. The number of fused-ring (bicyclic) bond motifs is 1. The first-order valence-corrected chi connectivity index (χ1v) is 10.7. The van der Waals surface area contributed by atoms with Gasteiger partial charge in [-0.2, -0.15) is 0 Å². The number of ether oxygens (including phenoxy) is 1. The van der Waals surface area contributed by atoms with E-state index in [-0.39, 0.29) is 27.7 Å². The van der Waals surface area contributed by atoms with Crippen LogP contribution in [0.2, 0.25) is 5.02 Å². The lowest BCUT2D eigenvalue weighted by atomic mass is 10.1. The lowest BCUT2D eigenvalue weighted by Gasteiger charge is -2.06. The Kier molecular flexibility index (Phi) is 5.61. The van der Waals surface area contributed by atoms with E-state index in [2.05, 4.69) is 10.5 Å². The van der Waals surface area contributed by atoms with Crippen LogP contribution in [-0.4, -0.2) is 24.0 Å². The average Bonchev–Trinajstić information content (AvgIpc) is 3.50. The molecule has 5 aromatic rings. The zero-order chi connectivity index (χ0) is 23.7. The highest BCUT2D eigenvalue weighted by atomic mass is 35.5. The van der Waals surface area contributed by atoms with Gasteiger partial charge in [0.1, 0.15) is 11.3 Å².